The second-order valence-electron chi connectivity index (χ2n) is 7.99. The van der Waals surface area contributed by atoms with E-state index >= 15 is 0 Å². The third-order valence-electron chi connectivity index (χ3n) is 4.43. The molecule has 0 aromatic carbocycles. The van der Waals surface area contributed by atoms with Crippen LogP contribution in [0, 0.1) is 5.92 Å². The third kappa shape index (κ3) is 12.6. The van der Waals surface area contributed by atoms with Gasteiger partial charge in [-0.15, -0.1) is 12.4 Å². The maximum Gasteiger partial charge on any atom is 0.410 e. The number of carboxylic acid groups (broad SMARTS) is 1. The molecule has 2 aliphatic rings. The predicted octanol–water partition coefficient (Wildman–Crippen LogP) is 3.25. The van der Waals surface area contributed by atoms with Crippen molar-refractivity contribution >= 4 is 30.3 Å². The molecule has 0 saturated carbocycles. The topological polar surface area (TPSA) is 95.9 Å². The highest BCUT2D eigenvalue weighted by Gasteiger charge is 2.26. The number of amides is 1. The molecule has 0 atom stereocenters. The molecule has 0 aromatic heterocycles. The second kappa shape index (κ2) is 12.9. The zero-order chi connectivity index (χ0) is 19.6. The molecule has 2 fully saturated rings. The minimum Gasteiger partial charge on any atom is -0.481 e. The number of halogens is 1. The molecular weight excluding hydrogens is 372 g/mol. The molecule has 2 rings (SSSR count). The van der Waals surface area contributed by atoms with E-state index in [1.54, 1.807) is 4.90 Å². The minimum atomic E-state index is -0.730. The van der Waals surface area contributed by atoms with E-state index in [0.717, 1.165) is 51.6 Å². The fraction of sp³-hybridized carbons (Fsp3) is 0.842. The lowest BCUT2D eigenvalue weighted by Gasteiger charge is -2.33. The lowest BCUT2D eigenvalue weighted by molar-refractivity contribution is -0.137. The number of ether oxygens (including phenoxy) is 1. The van der Waals surface area contributed by atoms with Gasteiger partial charge >= 0.3 is 12.1 Å². The van der Waals surface area contributed by atoms with Crippen molar-refractivity contribution in [3.8, 4) is 0 Å². The molecule has 2 heterocycles. The number of likely N-dealkylation sites (tertiary alicyclic amines) is 1. The van der Waals surface area contributed by atoms with Gasteiger partial charge in [0.1, 0.15) is 11.4 Å². The van der Waals surface area contributed by atoms with E-state index in [0.29, 0.717) is 24.8 Å². The van der Waals surface area contributed by atoms with Gasteiger partial charge < -0.3 is 20.1 Å². The summed E-state index contributed by atoms with van der Waals surface area (Å²) in [7, 11) is 0. The second-order valence-corrected chi connectivity index (χ2v) is 7.99. The number of nitrogens with one attached hydrogen (secondary N) is 1. The molecule has 2 saturated heterocycles. The van der Waals surface area contributed by atoms with Gasteiger partial charge in [0, 0.05) is 45.4 Å². The van der Waals surface area contributed by atoms with Gasteiger partial charge in [0.2, 0.25) is 0 Å². The quantitative estimate of drug-likeness (QED) is 0.743. The number of Topliss-reactive ketones (excluding diaryl/α,β-unsaturated/α-hetero) is 1. The van der Waals surface area contributed by atoms with Crippen LogP contribution in [-0.4, -0.2) is 59.6 Å². The highest BCUT2D eigenvalue weighted by Crippen LogP contribution is 2.23. The molecule has 0 aromatic rings. The van der Waals surface area contributed by atoms with Gasteiger partial charge in [-0.3, -0.25) is 9.59 Å². The number of ketones is 1. The average Bonchev–Trinajstić information content (AvgIpc) is 2.55. The van der Waals surface area contributed by atoms with Crippen molar-refractivity contribution in [2.24, 2.45) is 5.92 Å². The number of carbonyl (C=O) groups excluding carboxylic acids is 2. The number of carbonyl (C=O) groups is 3. The molecule has 8 heteroatoms. The zero-order valence-corrected chi connectivity index (χ0v) is 17.6. The molecule has 0 spiro atoms. The Labute approximate surface area is 168 Å². The lowest BCUT2D eigenvalue weighted by Crippen LogP contribution is -2.41. The van der Waals surface area contributed by atoms with Crippen molar-refractivity contribution < 1.29 is 24.2 Å². The number of carboxylic acids is 1. The predicted molar refractivity (Wildman–Crippen MR) is 106 cm³/mol. The van der Waals surface area contributed by atoms with Crippen LogP contribution in [0.25, 0.3) is 0 Å². The molecule has 2 N–H and O–H groups in total. The van der Waals surface area contributed by atoms with E-state index in [4.69, 9.17) is 9.84 Å². The first-order valence-electron chi connectivity index (χ1n) is 9.59. The van der Waals surface area contributed by atoms with Crippen molar-refractivity contribution in [3.05, 3.63) is 0 Å². The van der Waals surface area contributed by atoms with Crippen LogP contribution in [0.4, 0.5) is 4.79 Å². The average molecular weight is 407 g/mol. The summed E-state index contributed by atoms with van der Waals surface area (Å²) in [5.41, 5.74) is -0.449. The Bertz CT molecular complexity index is 463. The van der Waals surface area contributed by atoms with Crippen LogP contribution < -0.4 is 5.32 Å². The first kappa shape index (κ1) is 25.7. The van der Waals surface area contributed by atoms with Crippen LogP contribution in [0.2, 0.25) is 0 Å². The summed E-state index contributed by atoms with van der Waals surface area (Å²) >= 11 is 0. The summed E-state index contributed by atoms with van der Waals surface area (Å²) in [4.78, 5) is 34.5. The van der Waals surface area contributed by atoms with E-state index < -0.39 is 11.6 Å². The molecular formula is C19H35ClN2O5. The van der Waals surface area contributed by atoms with Crippen LogP contribution in [0.5, 0.6) is 0 Å². The summed E-state index contributed by atoms with van der Waals surface area (Å²) in [5.74, 6) is 0.211. The summed E-state index contributed by atoms with van der Waals surface area (Å²) in [6.45, 7) is 8.80. The number of rotatable bonds is 4. The molecule has 0 bridgehead atoms. The fourth-order valence-electron chi connectivity index (χ4n) is 2.98. The highest BCUT2D eigenvalue weighted by atomic mass is 35.5. The van der Waals surface area contributed by atoms with Crippen LogP contribution in [0.1, 0.15) is 65.7 Å². The molecule has 1 amide bonds. The molecule has 27 heavy (non-hydrogen) atoms. The Balaban J connectivity index is 0.000000708. The summed E-state index contributed by atoms with van der Waals surface area (Å²) in [6.07, 6.45) is 5.03. The minimum absolute atomic E-state index is 0. The number of aliphatic carboxylic acids is 1. The van der Waals surface area contributed by atoms with Crippen molar-refractivity contribution in [1.82, 2.24) is 10.2 Å². The standard InChI is InChI=1S/C14H25NO4.C5H9NO.ClH/c1-14(2,3)19-13(18)15-9-7-11(8-10-15)5-4-6-12(16)17;7-5-1-3-6-4-2-5;/h11H,4-10H2,1-3H3,(H,16,17);6H,1-4H2;1H. The van der Waals surface area contributed by atoms with E-state index in [9.17, 15) is 14.4 Å². The number of nitrogens with zero attached hydrogens (tertiary/aromatic N) is 1. The van der Waals surface area contributed by atoms with Crippen LogP contribution in [-0.2, 0) is 14.3 Å². The molecule has 2 aliphatic heterocycles. The molecule has 0 radical (unpaired) electrons. The number of piperidine rings is 2. The Kier molecular flexibility index (Phi) is 12.3. The van der Waals surface area contributed by atoms with Gasteiger partial charge in [-0.1, -0.05) is 0 Å². The third-order valence-corrected chi connectivity index (χ3v) is 4.43. The lowest BCUT2D eigenvalue weighted by atomic mass is 9.92. The normalized spacial score (nSPS) is 18.0. The SMILES string of the molecule is CC(C)(C)OC(=O)N1CCC(CCCC(=O)O)CC1.Cl.O=C1CCNCC1. The first-order valence-corrected chi connectivity index (χ1v) is 9.59. The summed E-state index contributed by atoms with van der Waals surface area (Å²) in [6, 6.07) is 0. The van der Waals surface area contributed by atoms with Crippen LogP contribution >= 0.6 is 12.4 Å². The first-order chi connectivity index (χ1) is 12.2. The highest BCUT2D eigenvalue weighted by molar-refractivity contribution is 5.85. The van der Waals surface area contributed by atoms with E-state index in [1.807, 2.05) is 20.8 Å². The Morgan fingerprint density at radius 2 is 1.74 bits per heavy atom. The van der Waals surface area contributed by atoms with Gasteiger partial charge in [-0.2, -0.15) is 0 Å². The fourth-order valence-corrected chi connectivity index (χ4v) is 2.98. The van der Waals surface area contributed by atoms with E-state index in [-0.39, 0.29) is 24.9 Å². The summed E-state index contributed by atoms with van der Waals surface area (Å²) in [5, 5.41) is 11.7. The Hall–Kier alpha value is -1.34. The Morgan fingerprint density at radius 1 is 1.19 bits per heavy atom. The largest absolute Gasteiger partial charge is 0.481 e. The van der Waals surface area contributed by atoms with Crippen molar-refractivity contribution in [3.63, 3.8) is 0 Å². The van der Waals surface area contributed by atoms with Gasteiger partial charge in [-0.25, -0.2) is 4.79 Å². The van der Waals surface area contributed by atoms with Gasteiger partial charge in [0.15, 0.2) is 0 Å². The molecule has 0 unspecified atom stereocenters. The van der Waals surface area contributed by atoms with Crippen LogP contribution in [0.3, 0.4) is 0 Å². The van der Waals surface area contributed by atoms with E-state index in [2.05, 4.69) is 5.32 Å². The van der Waals surface area contributed by atoms with Gasteiger partial charge in [0.25, 0.3) is 0 Å². The van der Waals surface area contributed by atoms with Crippen molar-refractivity contribution in [2.75, 3.05) is 26.2 Å². The smallest absolute Gasteiger partial charge is 0.410 e. The van der Waals surface area contributed by atoms with Gasteiger partial charge in [-0.05, 0) is 52.4 Å². The van der Waals surface area contributed by atoms with E-state index in [1.165, 1.54) is 0 Å². The Morgan fingerprint density at radius 3 is 2.15 bits per heavy atom. The zero-order valence-electron chi connectivity index (χ0n) is 16.8. The monoisotopic (exact) mass is 406 g/mol. The summed E-state index contributed by atoms with van der Waals surface area (Å²) < 4.78 is 5.33. The molecule has 0 aliphatic carbocycles. The maximum atomic E-state index is 11.8. The van der Waals surface area contributed by atoms with Crippen molar-refractivity contribution in [1.29, 1.82) is 0 Å². The van der Waals surface area contributed by atoms with Gasteiger partial charge in [0.05, 0.1) is 0 Å². The molecule has 158 valence electrons. The maximum absolute atomic E-state index is 11.8. The van der Waals surface area contributed by atoms with Crippen LogP contribution in [0.15, 0.2) is 0 Å². The number of hydrogen-bond acceptors (Lipinski definition) is 5. The van der Waals surface area contributed by atoms with Crippen molar-refractivity contribution in [2.45, 2.75) is 71.3 Å². The molecule has 7 nitrogen and oxygen atoms in total. The number of hydrogen-bond donors (Lipinski definition) is 2.